The van der Waals surface area contributed by atoms with Gasteiger partial charge in [-0.3, -0.25) is 14.5 Å². The van der Waals surface area contributed by atoms with Crippen molar-refractivity contribution in [2.75, 3.05) is 6.54 Å². The molecule has 1 heterocycles. The number of halogens is 2. The Bertz CT molecular complexity index is 1010. The highest BCUT2D eigenvalue weighted by molar-refractivity contribution is 6.09. The number of nitrogens with one attached hydrogen (secondary N) is 2. The normalized spacial score (nSPS) is 22.0. The van der Waals surface area contributed by atoms with Crippen LogP contribution >= 0.6 is 0 Å². The second-order valence-electron chi connectivity index (χ2n) is 7.87. The van der Waals surface area contributed by atoms with Crippen LogP contribution in [-0.2, 0) is 15.1 Å². The summed E-state index contributed by atoms with van der Waals surface area (Å²) in [6, 6.07) is 11.6. The summed E-state index contributed by atoms with van der Waals surface area (Å²) in [4.78, 5) is 38.8. The summed E-state index contributed by atoms with van der Waals surface area (Å²) in [5.74, 6) is -3.01. The minimum atomic E-state index is -1.58. The molecule has 2 N–H and O–H groups in total. The number of carbonyl (C=O) groups excluding carboxylic acids is 3. The molecular weight excluding hydrogens is 392 g/mol. The highest BCUT2D eigenvalue weighted by Gasteiger charge is 2.50. The Hall–Kier alpha value is -3.29. The zero-order chi connectivity index (χ0) is 21.5. The third-order valence-corrected chi connectivity index (χ3v) is 5.64. The maximum Gasteiger partial charge on any atom is 0.325 e. The van der Waals surface area contributed by atoms with Crippen LogP contribution in [0.25, 0.3) is 0 Å². The highest BCUT2D eigenvalue weighted by atomic mass is 19.2. The lowest BCUT2D eigenvalue weighted by atomic mass is 9.92. The van der Waals surface area contributed by atoms with Crippen LogP contribution < -0.4 is 10.6 Å². The second-order valence-corrected chi connectivity index (χ2v) is 7.87. The molecule has 156 valence electrons. The fourth-order valence-electron chi connectivity index (χ4n) is 3.77. The van der Waals surface area contributed by atoms with E-state index >= 15 is 0 Å². The van der Waals surface area contributed by atoms with Gasteiger partial charge < -0.3 is 10.6 Å². The minimum absolute atomic E-state index is 0.0998. The molecule has 1 saturated carbocycles. The van der Waals surface area contributed by atoms with E-state index in [0.717, 1.165) is 35.4 Å². The number of hydrogen-bond donors (Lipinski definition) is 2. The molecule has 2 unspecified atom stereocenters. The Morgan fingerprint density at radius 1 is 1.17 bits per heavy atom. The minimum Gasteiger partial charge on any atom is -0.347 e. The van der Waals surface area contributed by atoms with Crippen LogP contribution in [0.1, 0.15) is 36.9 Å². The SMILES string of the molecule is CC1(c2ccc(F)c(F)c2)NC(=O)N(CC(=O)NC(c2ccccc2)C2CC2)C1=O. The molecule has 0 radical (unpaired) electrons. The zero-order valence-electron chi connectivity index (χ0n) is 16.3. The van der Waals surface area contributed by atoms with E-state index < -0.39 is 41.6 Å². The average Bonchev–Trinajstić information content (AvgIpc) is 3.54. The number of carbonyl (C=O) groups is 3. The number of rotatable bonds is 6. The van der Waals surface area contributed by atoms with Crippen LogP contribution in [0.5, 0.6) is 0 Å². The topological polar surface area (TPSA) is 78.5 Å². The summed E-state index contributed by atoms with van der Waals surface area (Å²) in [7, 11) is 0. The van der Waals surface area contributed by atoms with Crippen LogP contribution in [0.3, 0.4) is 0 Å². The molecule has 2 aromatic rings. The number of imide groups is 1. The molecule has 6 nitrogen and oxygen atoms in total. The Balaban J connectivity index is 1.49. The molecule has 30 heavy (non-hydrogen) atoms. The Morgan fingerprint density at radius 2 is 1.87 bits per heavy atom. The standard InChI is InChI=1S/C22H21F2N3O3/c1-22(15-9-10-16(23)17(24)11-15)20(29)27(21(30)26-22)12-18(28)25-19(14-7-8-14)13-5-3-2-4-6-13/h2-6,9-11,14,19H,7-8,12H2,1H3,(H,25,28)(H,26,30). The van der Waals surface area contributed by atoms with Gasteiger partial charge >= 0.3 is 6.03 Å². The van der Waals surface area contributed by atoms with Gasteiger partial charge in [-0.15, -0.1) is 0 Å². The van der Waals surface area contributed by atoms with E-state index in [4.69, 9.17) is 0 Å². The van der Waals surface area contributed by atoms with Gasteiger partial charge in [0.2, 0.25) is 5.91 Å². The van der Waals surface area contributed by atoms with Crippen molar-refractivity contribution >= 4 is 17.8 Å². The van der Waals surface area contributed by atoms with E-state index in [2.05, 4.69) is 10.6 Å². The largest absolute Gasteiger partial charge is 0.347 e. The number of urea groups is 1. The van der Waals surface area contributed by atoms with Crippen molar-refractivity contribution in [2.45, 2.75) is 31.3 Å². The van der Waals surface area contributed by atoms with E-state index in [1.807, 2.05) is 30.3 Å². The van der Waals surface area contributed by atoms with Gasteiger partial charge in [-0.1, -0.05) is 36.4 Å². The molecule has 0 spiro atoms. The third kappa shape index (κ3) is 3.65. The summed E-state index contributed by atoms with van der Waals surface area (Å²) >= 11 is 0. The van der Waals surface area contributed by atoms with E-state index in [9.17, 15) is 23.2 Å². The molecule has 1 saturated heterocycles. The first-order valence-electron chi connectivity index (χ1n) is 9.73. The monoisotopic (exact) mass is 413 g/mol. The molecule has 2 fully saturated rings. The van der Waals surface area contributed by atoms with Crippen LogP contribution in [0.2, 0.25) is 0 Å². The molecule has 4 rings (SSSR count). The quantitative estimate of drug-likeness (QED) is 0.715. The van der Waals surface area contributed by atoms with E-state index in [0.29, 0.717) is 5.92 Å². The molecule has 1 aliphatic heterocycles. The molecule has 0 bridgehead atoms. The van der Waals surface area contributed by atoms with E-state index in [1.54, 1.807) is 0 Å². The predicted molar refractivity (Wildman–Crippen MR) is 104 cm³/mol. The van der Waals surface area contributed by atoms with Crippen molar-refractivity contribution < 1.29 is 23.2 Å². The van der Waals surface area contributed by atoms with Gasteiger partial charge in [0.25, 0.3) is 5.91 Å². The number of benzene rings is 2. The maximum absolute atomic E-state index is 13.6. The van der Waals surface area contributed by atoms with Gasteiger partial charge in [-0.05, 0) is 48.9 Å². The lowest BCUT2D eigenvalue weighted by Gasteiger charge is -2.23. The first kappa shape index (κ1) is 20.0. The fourth-order valence-corrected chi connectivity index (χ4v) is 3.77. The van der Waals surface area contributed by atoms with Crippen molar-refractivity contribution in [3.8, 4) is 0 Å². The lowest BCUT2D eigenvalue weighted by Crippen LogP contribution is -2.44. The van der Waals surface area contributed by atoms with Crippen molar-refractivity contribution in [2.24, 2.45) is 5.92 Å². The molecule has 2 atom stereocenters. The molecule has 2 aromatic carbocycles. The fraction of sp³-hybridized carbons (Fsp3) is 0.318. The number of amides is 4. The van der Waals surface area contributed by atoms with Crippen LogP contribution in [-0.4, -0.2) is 29.3 Å². The Morgan fingerprint density at radius 3 is 2.50 bits per heavy atom. The summed E-state index contributed by atoms with van der Waals surface area (Å²) in [5, 5.41) is 5.41. The number of nitrogens with zero attached hydrogens (tertiary/aromatic N) is 1. The molecule has 8 heteroatoms. The smallest absolute Gasteiger partial charge is 0.325 e. The predicted octanol–water partition coefficient (Wildman–Crippen LogP) is 3.00. The second kappa shape index (κ2) is 7.51. The summed E-state index contributed by atoms with van der Waals surface area (Å²) in [5.41, 5.74) is -0.513. The van der Waals surface area contributed by atoms with Gasteiger partial charge in [0.1, 0.15) is 12.1 Å². The van der Waals surface area contributed by atoms with Crippen molar-refractivity contribution in [1.82, 2.24) is 15.5 Å². The van der Waals surface area contributed by atoms with Crippen LogP contribution in [0.15, 0.2) is 48.5 Å². The van der Waals surface area contributed by atoms with Gasteiger partial charge in [0, 0.05) is 0 Å². The summed E-state index contributed by atoms with van der Waals surface area (Å²) < 4.78 is 26.9. The van der Waals surface area contributed by atoms with Gasteiger partial charge in [-0.2, -0.15) is 0 Å². The molecular formula is C22H21F2N3O3. The zero-order valence-corrected chi connectivity index (χ0v) is 16.3. The lowest BCUT2D eigenvalue weighted by molar-refractivity contribution is -0.135. The van der Waals surface area contributed by atoms with Gasteiger partial charge in [-0.25, -0.2) is 13.6 Å². The van der Waals surface area contributed by atoms with Crippen molar-refractivity contribution in [1.29, 1.82) is 0 Å². The summed E-state index contributed by atoms with van der Waals surface area (Å²) in [6.45, 7) is 0.939. The Kier molecular flexibility index (Phi) is 5.01. The van der Waals surface area contributed by atoms with Crippen LogP contribution in [0, 0.1) is 17.6 Å². The molecule has 2 aliphatic rings. The van der Waals surface area contributed by atoms with Crippen molar-refractivity contribution in [3.05, 3.63) is 71.3 Å². The third-order valence-electron chi connectivity index (χ3n) is 5.64. The molecule has 4 amide bonds. The Labute approximate surface area is 172 Å². The van der Waals surface area contributed by atoms with Gasteiger partial charge in [0.05, 0.1) is 6.04 Å². The molecule has 1 aliphatic carbocycles. The maximum atomic E-state index is 13.6. The van der Waals surface area contributed by atoms with Gasteiger partial charge in [0.15, 0.2) is 11.6 Å². The first-order chi connectivity index (χ1) is 14.3. The van der Waals surface area contributed by atoms with Crippen LogP contribution in [0.4, 0.5) is 13.6 Å². The van der Waals surface area contributed by atoms with E-state index in [-0.39, 0.29) is 11.6 Å². The summed E-state index contributed by atoms with van der Waals surface area (Å²) in [6.07, 6.45) is 1.99. The van der Waals surface area contributed by atoms with E-state index in [1.165, 1.54) is 13.0 Å². The average molecular weight is 413 g/mol. The number of hydrogen-bond acceptors (Lipinski definition) is 3. The molecule has 0 aromatic heterocycles. The first-order valence-corrected chi connectivity index (χ1v) is 9.73. The van der Waals surface area contributed by atoms with Crippen molar-refractivity contribution in [3.63, 3.8) is 0 Å². The highest BCUT2D eigenvalue weighted by Crippen LogP contribution is 2.41.